The summed E-state index contributed by atoms with van der Waals surface area (Å²) in [6.45, 7) is 3.60. The molecule has 1 atom stereocenters. The number of benzene rings is 2. The molecular weight excluding hydrogens is 557 g/mol. The number of carboxylic acids is 1. The number of halogens is 2. The van der Waals surface area contributed by atoms with Gasteiger partial charge in [0, 0.05) is 29.6 Å². The Balaban J connectivity index is 1.04. The molecule has 0 amide bonds. The van der Waals surface area contributed by atoms with E-state index >= 15 is 0 Å². The lowest BCUT2D eigenvalue weighted by atomic mass is 9.65. The molecule has 202 valence electrons. The third-order valence-corrected chi connectivity index (χ3v) is 10.1. The van der Waals surface area contributed by atoms with Gasteiger partial charge in [-0.15, -0.1) is 0 Å². The maximum absolute atomic E-state index is 11.4. The molecule has 3 fully saturated rings. The van der Waals surface area contributed by atoms with Crippen molar-refractivity contribution in [2.24, 2.45) is 5.41 Å². The zero-order valence-corrected chi connectivity index (χ0v) is 23.7. The number of rotatable bonds is 7. The molecule has 2 aromatic carbocycles. The van der Waals surface area contributed by atoms with E-state index < -0.39 is 5.97 Å². The smallest absolute Gasteiger partial charge is 0.335 e. The number of nitrogens with zero attached hydrogens (tertiary/aromatic N) is 3. The standard InChI is InChI=1S/C29H27Cl2N3O4S/c1-15-10-29(14-34(15)28-32-22-8-7-17(27(35)36)9-23(22)39-28)11-18(12-29)37-13-19-25(33-38-26(19)16-5-6-16)24-20(30)3-2-4-21(24)31/h2-4,7-9,15-16,18H,5-6,10-14H2,1H3,(H,35,36)/t15-,18?,29?/m1/s1. The average molecular weight is 585 g/mol. The van der Waals surface area contributed by atoms with E-state index in [-0.39, 0.29) is 11.5 Å². The molecule has 1 aliphatic heterocycles. The summed E-state index contributed by atoms with van der Waals surface area (Å²) in [4.78, 5) is 18.6. The Labute approximate surface area is 239 Å². The van der Waals surface area contributed by atoms with Gasteiger partial charge < -0.3 is 19.3 Å². The number of anilines is 1. The molecular formula is C29H27Cl2N3O4S. The van der Waals surface area contributed by atoms with Crippen molar-refractivity contribution in [3.63, 3.8) is 0 Å². The predicted octanol–water partition coefficient (Wildman–Crippen LogP) is 7.80. The van der Waals surface area contributed by atoms with Crippen LogP contribution < -0.4 is 4.90 Å². The fraction of sp³-hybridized carbons (Fsp3) is 0.414. The normalized spacial score (nSPS) is 24.5. The fourth-order valence-electron chi connectivity index (χ4n) is 6.31. The molecule has 10 heteroatoms. The molecule has 2 saturated carbocycles. The Bertz CT molecular complexity index is 1570. The Hall–Kier alpha value is -2.65. The third-order valence-electron chi connectivity index (χ3n) is 8.39. The molecule has 1 spiro atoms. The van der Waals surface area contributed by atoms with Gasteiger partial charge in [-0.05, 0) is 74.8 Å². The number of aromatic nitrogens is 2. The van der Waals surface area contributed by atoms with Crippen molar-refractivity contribution in [3.05, 3.63) is 63.3 Å². The van der Waals surface area contributed by atoms with Crippen LogP contribution in [0, 0.1) is 5.41 Å². The molecule has 2 aliphatic carbocycles. The predicted molar refractivity (Wildman–Crippen MR) is 152 cm³/mol. The largest absolute Gasteiger partial charge is 0.478 e. The molecule has 0 unspecified atom stereocenters. The average Bonchev–Trinajstić information content (AvgIpc) is 3.35. The van der Waals surface area contributed by atoms with Gasteiger partial charge in [0.2, 0.25) is 0 Å². The number of aromatic carboxylic acids is 1. The van der Waals surface area contributed by atoms with E-state index in [1.54, 1.807) is 29.5 Å². The molecule has 39 heavy (non-hydrogen) atoms. The minimum atomic E-state index is -0.918. The summed E-state index contributed by atoms with van der Waals surface area (Å²) in [7, 11) is 0. The number of thiazole rings is 1. The van der Waals surface area contributed by atoms with Gasteiger partial charge in [0.05, 0.1) is 38.5 Å². The number of fused-ring (bicyclic) bond motifs is 1. The highest BCUT2D eigenvalue weighted by atomic mass is 35.5. The monoisotopic (exact) mass is 583 g/mol. The summed E-state index contributed by atoms with van der Waals surface area (Å²) in [6, 6.07) is 11.0. The van der Waals surface area contributed by atoms with Gasteiger partial charge in [-0.3, -0.25) is 0 Å². The molecule has 0 radical (unpaired) electrons. The minimum Gasteiger partial charge on any atom is -0.478 e. The number of hydrogen-bond acceptors (Lipinski definition) is 7. The summed E-state index contributed by atoms with van der Waals surface area (Å²) in [6.07, 6.45) is 5.44. The van der Waals surface area contributed by atoms with E-state index in [0.717, 1.165) is 65.3 Å². The van der Waals surface area contributed by atoms with Crippen molar-refractivity contribution in [1.29, 1.82) is 0 Å². The van der Waals surface area contributed by atoms with E-state index in [0.29, 0.717) is 45.4 Å². The van der Waals surface area contributed by atoms with Crippen LogP contribution >= 0.6 is 34.5 Å². The highest BCUT2D eigenvalue weighted by molar-refractivity contribution is 7.22. The van der Waals surface area contributed by atoms with Crippen molar-refractivity contribution < 1.29 is 19.2 Å². The van der Waals surface area contributed by atoms with Crippen molar-refractivity contribution in [2.45, 2.75) is 63.7 Å². The molecule has 0 bridgehead atoms. The van der Waals surface area contributed by atoms with Crippen LogP contribution in [0.1, 0.15) is 66.6 Å². The van der Waals surface area contributed by atoms with Gasteiger partial charge in [-0.25, -0.2) is 9.78 Å². The van der Waals surface area contributed by atoms with Crippen LogP contribution in [0.5, 0.6) is 0 Å². The van der Waals surface area contributed by atoms with Gasteiger partial charge in [0.15, 0.2) is 5.13 Å². The SMILES string of the molecule is C[C@@H]1CC2(CC(OCc3c(-c4c(Cl)cccc4Cl)noc3C3CC3)C2)CN1c1nc2ccc(C(=O)O)cc2s1. The topological polar surface area (TPSA) is 88.7 Å². The van der Waals surface area contributed by atoms with E-state index in [4.69, 9.17) is 37.4 Å². The lowest BCUT2D eigenvalue weighted by Gasteiger charge is -2.44. The minimum absolute atomic E-state index is 0.169. The summed E-state index contributed by atoms with van der Waals surface area (Å²) >= 11 is 14.6. The Kier molecular flexibility index (Phi) is 6.15. The van der Waals surface area contributed by atoms with Crippen molar-refractivity contribution in [2.75, 3.05) is 11.4 Å². The van der Waals surface area contributed by atoms with Crippen molar-refractivity contribution in [1.82, 2.24) is 10.1 Å². The molecule has 3 aliphatic rings. The Morgan fingerprint density at radius 3 is 2.69 bits per heavy atom. The fourth-order valence-corrected chi connectivity index (χ4v) is 8.00. The molecule has 7 rings (SSSR count). The second-order valence-electron chi connectivity index (χ2n) is 11.3. The van der Waals surface area contributed by atoms with E-state index in [1.807, 2.05) is 18.2 Å². The van der Waals surface area contributed by atoms with Gasteiger partial charge >= 0.3 is 5.97 Å². The Morgan fingerprint density at radius 1 is 1.21 bits per heavy atom. The van der Waals surface area contributed by atoms with Crippen LogP contribution in [0.3, 0.4) is 0 Å². The Morgan fingerprint density at radius 2 is 1.97 bits per heavy atom. The number of carbonyl (C=O) groups is 1. The first kappa shape index (κ1) is 25.3. The number of hydrogen-bond donors (Lipinski definition) is 1. The van der Waals surface area contributed by atoms with Crippen LogP contribution in [-0.4, -0.2) is 39.9 Å². The zero-order chi connectivity index (χ0) is 26.9. The molecule has 2 aromatic heterocycles. The summed E-state index contributed by atoms with van der Waals surface area (Å²) in [5.74, 6) is 0.374. The molecule has 3 heterocycles. The van der Waals surface area contributed by atoms with E-state index in [1.165, 1.54) is 0 Å². The first-order valence-corrected chi connectivity index (χ1v) is 14.8. The van der Waals surface area contributed by atoms with Gasteiger partial charge in [0.25, 0.3) is 0 Å². The molecule has 1 saturated heterocycles. The van der Waals surface area contributed by atoms with Gasteiger partial charge in [0.1, 0.15) is 11.5 Å². The molecule has 1 N–H and O–H groups in total. The van der Waals surface area contributed by atoms with E-state index in [2.05, 4.69) is 17.0 Å². The maximum atomic E-state index is 11.4. The van der Waals surface area contributed by atoms with Crippen LogP contribution in [0.25, 0.3) is 21.5 Å². The second-order valence-corrected chi connectivity index (χ2v) is 13.1. The van der Waals surface area contributed by atoms with Crippen LogP contribution in [0.4, 0.5) is 5.13 Å². The first-order chi connectivity index (χ1) is 18.8. The maximum Gasteiger partial charge on any atom is 0.335 e. The summed E-state index contributed by atoms with van der Waals surface area (Å²) in [5.41, 5.74) is 3.69. The second kappa shape index (κ2) is 9.47. The third kappa shape index (κ3) is 4.51. The summed E-state index contributed by atoms with van der Waals surface area (Å²) < 4.78 is 13.2. The molecule has 7 nitrogen and oxygen atoms in total. The number of ether oxygens (including phenoxy) is 1. The number of carboxylic acid groups (broad SMARTS) is 1. The van der Waals surface area contributed by atoms with Crippen LogP contribution in [0.15, 0.2) is 40.9 Å². The molecule has 4 aromatic rings. The van der Waals surface area contributed by atoms with Gasteiger partial charge in [-0.1, -0.05) is 45.8 Å². The lowest BCUT2D eigenvalue weighted by Crippen LogP contribution is -2.44. The van der Waals surface area contributed by atoms with Gasteiger partial charge in [-0.2, -0.15) is 0 Å². The van der Waals surface area contributed by atoms with Crippen LogP contribution in [0.2, 0.25) is 10.0 Å². The quantitative estimate of drug-likeness (QED) is 0.237. The van der Waals surface area contributed by atoms with E-state index in [9.17, 15) is 9.90 Å². The zero-order valence-electron chi connectivity index (χ0n) is 21.3. The van der Waals surface area contributed by atoms with Crippen molar-refractivity contribution in [3.8, 4) is 11.3 Å². The first-order valence-electron chi connectivity index (χ1n) is 13.3. The van der Waals surface area contributed by atoms with Crippen LogP contribution in [-0.2, 0) is 11.3 Å². The summed E-state index contributed by atoms with van der Waals surface area (Å²) in [5, 5.41) is 15.8. The highest BCUT2D eigenvalue weighted by Gasteiger charge is 2.52. The highest BCUT2D eigenvalue weighted by Crippen LogP contribution is 2.54. The lowest BCUT2D eigenvalue weighted by molar-refractivity contribution is -0.0805. The van der Waals surface area contributed by atoms with Crippen molar-refractivity contribution >= 4 is 55.9 Å².